The molecule has 24 heavy (non-hydrogen) atoms. The molecule has 0 unspecified atom stereocenters. The third-order valence-electron chi connectivity index (χ3n) is 4.36. The summed E-state index contributed by atoms with van der Waals surface area (Å²) < 4.78 is 3.18. The topological polar surface area (TPSA) is 37.3 Å². The summed E-state index contributed by atoms with van der Waals surface area (Å²) in [7, 11) is 0. The van der Waals surface area contributed by atoms with E-state index in [-0.39, 0.29) is 18.3 Å². The van der Waals surface area contributed by atoms with Crippen molar-refractivity contribution in [2.24, 2.45) is 0 Å². The summed E-state index contributed by atoms with van der Waals surface area (Å²) in [5.74, 6) is 0.142. The maximum absolute atomic E-state index is 12.9. The summed E-state index contributed by atoms with van der Waals surface area (Å²) in [6, 6.07) is 10.2. The Bertz CT molecular complexity index is 721. The number of nitrogens with one attached hydrogen (secondary N) is 1. The van der Waals surface area contributed by atoms with Crippen molar-refractivity contribution in [1.29, 1.82) is 0 Å². The summed E-state index contributed by atoms with van der Waals surface area (Å²) in [4.78, 5) is 14.9. The van der Waals surface area contributed by atoms with Crippen LogP contribution in [-0.2, 0) is 0 Å². The van der Waals surface area contributed by atoms with Crippen molar-refractivity contribution in [3.8, 4) is 5.69 Å². The van der Waals surface area contributed by atoms with E-state index < -0.39 is 0 Å². The molecule has 0 radical (unpaired) electrons. The van der Waals surface area contributed by atoms with Crippen LogP contribution in [0.15, 0.2) is 34.8 Å². The number of rotatable bonds is 2. The standard InChI is InChI=1S/C18H22BrN3O.ClH/c1-13-11-17(18(23)21-9-4-7-20-8-10-21)14(2)22(13)16-6-3-5-15(19)12-16;/h3,5-6,11-12,20H,4,7-10H2,1-2H3;1H. The van der Waals surface area contributed by atoms with E-state index in [4.69, 9.17) is 0 Å². The molecule has 1 aromatic heterocycles. The van der Waals surface area contributed by atoms with Crippen LogP contribution in [0, 0.1) is 13.8 Å². The Kier molecular flexibility index (Phi) is 6.49. The number of carbonyl (C=O) groups excluding carboxylic acids is 1. The number of halogens is 2. The molecule has 3 rings (SSSR count). The number of aryl methyl sites for hydroxylation is 1. The predicted molar refractivity (Wildman–Crippen MR) is 104 cm³/mol. The monoisotopic (exact) mass is 411 g/mol. The van der Waals surface area contributed by atoms with Gasteiger partial charge in [-0.3, -0.25) is 4.79 Å². The van der Waals surface area contributed by atoms with Gasteiger partial charge < -0.3 is 14.8 Å². The van der Waals surface area contributed by atoms with E-state index >= 15 is 0 Å². The minimum atomic E-state index is 0. The Hall–Kier alpha value is -1.30. The molecule has 2 aromatic rings. The molecule has 0 bridgehead atoms. The second-order valence-electron chi connectivity index (χ2n) is 6.00. The van der Waals surface area contributed by atoms with Crippen molar-refractivity contribution in [2.75, 3.05) is 26.2 Å². The quantitative estimate of drug-likeness (QED) is 0.816. The molecule has 1 aliphatic heterocycles. The van der Waals surface area contributed by atoms with E-state index in [0.29, 0.717) is 0 Å². The molecule has 1 aliphatic rings. The smallest absolute Gasteiger partial charge is 0.255 e. The molecule has 1 amide bonds. The van der Waals surface area contributed by atoms with Gasteiger partial charge in [0.1, 0.15) is 0 Å². The Morgan fingerprint density at radius 1 is 1.17 bits per heavy atom. The van der Waals surface area contributed by atoms with Gasteiger partial charge in [0.25, 0.3) is 5.91 Å². The molecule has 4 nitrogen and oxygen atoms in total. The van der Waals surface area contributed by atoms with Crippen LogP contribution in [0.25, 0.3) is 5.69 Å². The molecule has 1 aromatic carbocycles. The molecule has 0 spiro atoms. The van der Waals surface area contributed by atoms with Crippen LogP contribution in [0.2, 0.25) is 0 Å². The van der Waals surface area contributed by atoms with Crippen molar-refractivity contribution in [1.82, 2.24) is 14.8 Å². The SMILES string of the molecule is Cc1cc(C(=O)N2CCCNCC2)c(C)n1-c1cccc(Br)c1.Cl. The molecular formula is C18H23BrClN3O. The number of aromatic nitrogens is 1. The Labute approximate surface area is 157 Å². The maximum Gasteiger partial charge on any atom is 0.255 e. The first-order valence-electron chi connectivity index (χ1n) is 8.03. The van der Waals surface area contributed by atoms with E-state index in [1.165, 1.54) is 0 Å². The second kappa shape index (κ2) is 8.19. The van der Waals surface area contributed by atoms with Gasteiger partial charge >= 0.3 is 0 Å². The Balaban J connectivity index is 0.00000208. The highest BCUT2D eigenvalue weighted by molar-refractivity contribution is 9.10. The van der Waals surface area contributed by atoms with Crippen molar-refractivity contribution in [3.05, 3.63) is 51.8 Å². The number of hydrogen-bond donors (Lipinski definition) is 1. The van der Waals surface area contributed by atoms with Gasteiger partial charge in [0.05, 0.1) is 5.56 Å². The van der Waals surface area contributed by atoms with E-state index in [1.54, 1.807) is 0 Å². The number of amides is 1. The summed E-state index contributed by atoms with van der Waals surface area (Å²) in [6.07, 6.45) is 1.01. The minimum absolute atomic E-state index is 0. The first-order chi connectivity index (χ1) is 11.1. The van der Waals surface area contributed by atoms with Crippen LogP contribution in [0.3, 0.4) is 0 Å². The van der Waals surface area contributed by atoms with Gasteiger partial charge in [-0.15, -0.1) is 12.4 Å². The zero-order valence-electron chi connectivity index (χ0n) is 14.0. The fraction of sp³-hybridized carbons (Fsp3) is 0.389. The minimum Gasteiger partial charge on any atom is -0.337 e. The van der Waals surface area contributed by atoms with Crippen molar-refractivity contribution in [2.45, 2.75) is 20.3 Å². The van der Waals surface area contributed by atoms with Crippen molar-refractivity contribution >= 4 is 34.2 Å². The van der Waals surface area contributed by atoms with E-state index in [9.17, 15) is 4.79 Å². The van der Waals surface area contributed by atoms with Crippen molar-refractivity contribution in [3.63, 3.8) is 0 Å². The highest BCUT2D eigenvalue weighted by Crippen LogP contribution is 2.24. The zero-order chi connectivity index (χ0) is 16.4. The lowest BCUT2D eigenvalue weighted by Crippen LogP contribution is -2.34. The normalized spacial score (nSPS) is 14.9. The third kappa shape index (κ3) is 3.85. The highest BCUT2D eigenvalue weighted by Gasteiger charge is 2.22. The number of carbonyl (C=O) groups is 1. The molecule has 130 valence electrons. The molecular weight excluding hydrogens is 390 g/mol. The third-order valence-corrected chi connectivity index (χ3v) is 4.85. The van der Waals surface area contributed by atoms with Gasteiger partial charge in [0, 0.05) is 41.2 Å². The van der Waals surface area contributed by atoms with E-state index in [1.807, 2.05) is 30.0 Å². The lowest BCUT2D eigenvalue weighted by Gasteiger charge is -2.20. The molecule has 0 saturated carbocycles. The largest absolute Gasteiger partial charge is 0.337 e. The van der Waals surface area contributed by atoms with Crippen molar-refractivity contribution < 1.29 is 4.79 Å². The fourth-order valence-corrected chi connectivity index (χ4v) is 3.60. The molecule has 0 atom stereocenters. The van der Waals surface area contributed by atoms with Crippen LogP contribution in [0.4, 0.5) is 0 Å². The highest BCUT2D eigenvalue weighted by atomic mass is 79.9. The van der Waals surface area contributed by atoms with Gasteiger partial charge in [-0.2, -0.15) is 0 Å². The summed E-state index contributed by atoms with van der Waals surface area (Å²) in [6.45, 7) is 7.54. The zero-order valence-corrected chi connectivity index (χ0v) is 16.4. The number of nitrogens with zero attached hydrogens (tertiary/aromatic N) is 2. The second-order valence-corrected chi connectivity index (χ2v) is 6.91. The van der Waals surface area contributed by atoms with Gasteiger partial charge in [-0.1, -0.05) is 22.0 Å². The first kappa shape index (κ1) is 19.0. The lowest BCUT2D eigenvalue weighted by atomic mass is 10.2. The Morgan fingerprint density at radius 2 is 1.96 bits per heavy atom. The van der Waals surface area contributed by atoms with Crippen LogP contribution in [0.1, 0.15) is 28.2 Å². The summed E-state index contributed by atoms with van der Waals surface area (Å²) in [5.41, 5.74) is 3.97. The molecule has 0 aliphatic carbocycles. The molecule has 1 fully saturated rings. The van der Waals surface area contributed by atoms with Crippen LogP contribution in [0.5, 0.6) is 0 Å². The fourth-order valence-electron chi connectivity index (χ4n) is 3.21. The average molecular weight is 413 g/mol. The summed E-state index contributed by atoms with van der Waals surface area (Å²) in [5, 5.41) is 3.34. The number of hydrogen-bond acceptors (Lipinski definition) is 2. The van der Waals surface area contributed by atoms with Gasteiger partial charge in [0.2, 0.25) is 0 Å². The van der Waals surface area contributed by atoms with E-state index in [2.05, 4.69) is 44.9 Å². The van der Waals surface area contributed by atoms with E-state index in [0.717, 1.165) is 59.7 Å². The van der Waals surface area contributed by atoms with Gasteiger partial charge in [-0.05, 0) is 51.1 Å². The molecule has 1 N–H and O–H groups in total. The average Bonchev–Trinajstić information content (AvgIpc) is 2.72. The van der Waals surface area contributed by atoms with Crippen LogP contribution >= 0.6 is 28.3 Å². The van der Waals surface area contributed by atoms with Crippen LogP contribution in [-0.4, -0.2) is 41.6 Å². The Morgan fingerprint density at radius 3 is 2.71 bits per heavy atom. The predicted octanol–water partition coefficient (Wildman–Crippen LogP) is 3.71. The van der Waals surface area contributed by atoms with Gasteiger partial charge in [0.15, 0.2) is 0 Å². The van der Waals surface area contributed by atoms with Gasteiger partial charge in [-0.25, -0.2) is 0 Å². The number of benzene rings is 1. The maximum atomic E-state index is 12.9. The first-order valence-corrected chi connectivity index (χ1v) is 8.82. The lowest BCUT2D eigenvalue weighted by molar-refractivity contribution is 0.0765. The summed E-state index contributed by atoms with van der Waals surface area (Å²) >= 11 is 3.52. The van der Waals surface area contributed by atoms with Crippen LogP contribution < -0.4 is 5.32 Å². The molecule has 2 heterocycles. The molecule has 1 saturated heterocycles. The molecule has 6 heteroatoms.